The van der Waals surface area contributed by atoms with E-state index in [2.05, 4.69) is 56.0 Å². The molecule has 0 spiro atoms. The number of hydroxylamine groups is 2. The van der Waals surface area contributed by atoms with Gasteiger partial charge in [0.05, 0.1) is 5.25 Å². The highest BCUT2D eigenvalue weighted by molar-refractivity contribution is 7.99. The number of fused-ring (bicyclic) bond motifs is 1. The minimum atomic E-state index is -2.10. The van der Waals surface area contributed by atoms with Gasteiger partial charge in [0.1, 0.15) is 18.1 Å². The van der Waals surface area contributed by atoms with E-state index in [1.807, 2.05) is 36.0 Å². The molecule has 3 aliphatic rings. The molecule has 2 heterocycles. The van der Waals surface area contributed by atoms with Crippen LogP contribution in [-0.4, -0.2) is 54.0 Å². The summed E-state index contributed by atoms with van der Waals surface area (Å²) in [5.74, 6) is 0.949. The Morgan fingerprint density at radius 2 is 1.76 bits per heavy atom. The minimum absolute atomic E-state index is 0.0250. The number of hydrogen-bond acceptors (Lipinski definition) is 5. The van der Waals surface area contributed by atoms with Crippen molar-refractivity contribution in [2.75, 3.05) is 12.4 Å². The Morgan fingerprint density at radius 1 is 1.09 bits per heavy atom. The summed E-state index contributed by atoms with van der Waals surface area (Å²) in [5.41, 5.74) is 1.46. The number of quaternary nitrogens is 1. The van der Waals surface area contributed by atoms with Crippen molar-refractivity contribution in [3.8, 4) is 0 Å². The summed E-state index contributed by atoms with van der Waals surface area (Å²) in [5, 5.41) is 15.2. The molecule has 2 aromatic rings. The van der Waals surface area contributed by atoms with Crippen molar-refractivity contribution in [1.29, 1.82) is 0 Å². The fourth-order valence-electron chi connectivity index (χ4n) is 6.52. The Labute approximate surface area is 208 Å². The Morgan fingerprint density at radius 3 is 2.41 bits per heavy atom. The second-order valence-corrected chi connectivity index (χ2v) is 16.6. The number of carbonyl (C=O) groups excluding carboxylic acids is 1. The quantitative estimate of drug-likeness (QED) is 0.380. The maximum absolute atomic E-state index is 14.0. The van der Waals surface area contributed by atoms with E-state index in [0.29, 0.717) is 30.3 Å². The number of hydrogen-bond donors (Lipinski definition) is 0. The summed E-state index contributed by atoms with van der Waals surface area (Å²) in [6.07, 6.45) is 3.46. The van der Waals surface area contributed by atoms with Crippen LogP contribution in [0.15, 0.2) is 60.7 Å². The van der Waals surface area contributed by atoms with E-state index in [0.717, 1.165) is 24.3 Å². The number of Topliss-reactive ketones (excluding diaryl/α,β-unsaturated/α-hetero) is 1. The van der Waals surface area contributed by atoms with Crippen molar-refractivity contribution in [3.63, 3.8) is 0 Å². The number of benzene rings is 2. The van der Waals surface area contributed by atoms with E-state index in [4.69, 9.17) is 4.43 Å². The lowest BCUT2D eigenvalue weighted by molar-refractivity contribution is -1.01. The third-order valence-corrected chi connectivity index (χ3v) is 10.3. The molecule has 34 heavy (non-hydrogen) atoms. The summed E-state index contributed by atoms with van der Waals surface area (Å²) >= 11 is 1.91. The average Bonchev–Trinajstić information content (AvgIpc) is 3.31. The van der Waals surface area contributed by atoms with Crippen molar-refractivity contribution >= 4 is 25.9 Å². The van der Waals surface area contributed by atoms with Crippen molar-refractivity contribution in [2.24, 2.45) is 0 Å². The lowest BCUT2D eigenvalue weighted by atomic mass is 9.84. The molecule has 5 unspecified atom stereocenters. The first-order chi connectivity index (χ1) is 16.3. The van der Waals surface area contributed by atoms with Gasteiger partial charge < -0.3 is 14.7 Å². The molecule has 5 atom stereocenters. The van der Waals surface area contributed by atoms with Crippen LogP contribution in [-0.2, 0) is 15.6 Å². The normalized spacial score (nSPS) is 34.4. The lowest BCUT2D eigenvalue weighted by Crippen LogP contribution is -2.76. The monoisotopic (exact) mass is 496 g/mol. The van der Waals surface area contributed by atoms with E-state index >= 15 is 0 Å². The van der Waals surface area contributed by atoms with Crippen molar-refractivity contribution < 1.29 is 13.7 Å². The van der Waals surface area contributed by atoms with Crippen LogP contribution in [0.25, 0.3) is 0 Å². The molecular weight excluding hydrogens is 460 g/mol. The first-order valence-electron chi connectivity index (χ1n) is 12.5. The molecule has 1 aliphatic carbocycles. The molecule has 0 amide bonds. The van der Waals surface area contributed by atoms with Crippen LogP contribution in [0.1, 0.15) is 42.1 Å². The predicted octanol–water partition coefficient (Wildman–Crippen LogP) is 5.69. The van der Waals surface area contributed by atoms with Crippen LogP contribution in [0.3, 0.4) is 0 Å². The number of rotatable bonds is 6. The fraction of sp³-hybridized carbons (Fsp3) is 0.519. The van der Waals surface area contributed by atoms with Gasteiger partial charge >= 0.3 is 0 Å². The summed E-state index contributed by atoms with van der Waals surface area (Å²) < 4.78 is 7.51. The first-order valence-corrected chi connectivity index (χ1v) is 17.0. The molecule has 3 fully saturated rings. The van der Waals surface area contributed by atoms with Gasteiger partial charge in [-0.1, -0.05) is 72.4 Å². The maximum Gasteiger partial charge on any atom is 0.256 e. The van der Waals surface area contributed by atoms with Gasteiger partial charge in [0.15, 0.2) is 8.32 Å². The van der Waals surface area contributed by atoms with Crippen molar-refractivity contribution in [2.45, 2.75) is 74.9 Å². The lowest BCUT2D eigenvalue weighted by Gasteiger charge is -2.56. The molecule has 0 aromatic heterocycles. The van der Waals surface area contributed by atoms with Gasteiger partial charge in [0, 0.05) is 25.8 Å². The van der Waals surface area contributed by atoms with Crippen LogP contribution < -0.4 is 0 Å². The third kappa shape index (κ3) is 4.00. The molecule has 2 saturated heterocycles. The van der Waals surface area contributed by atoms with Crippen molar-refractivity contribution in [1.82, 2.24) is 5.06 Å². The second-order valence-electron chi connectivity index (χ2n) is 11.0. The first kappa shape index (κ1) is 24.2. The van der Waals surface area contributed by atoms with Gasteiger partial charge in [-0.2, -0.15) is 0 Å². The molecule has 0 radical (unpaired) electrons. The molecule has 7 heteroatoms. The molecule has 0 N–H and O–H groups in total. The molecular formula is C27H36N2O3SSi. The maximum atomic E-state index is 14.0. The smallest absolute Gasteiger partial charge is 0.256 e. The Kier molecular flexibility index (Phi) is 6.55. The summed E-state index contributed by atoms with van der Waals surface area (Å²) in [4.78, 5) is 14.0. The van der Waals surface area contributed by atoms with Gasteiger partial charge in [0.25, 0.3) is 5.72 Å². The molecule has 2 aliphatic heterocycles. The van der Waals surface area contributed by atoms with Crippen LogP contribution in [0.2, 0.25) is 19.6 Å². The Hall–Kier alpha value is -1.48. The highest BCUT2D eigenvalue weighted by Crippen LogP contribution is 2.59. The number of nitrogens with zero attached hydrogens (tertiary/aromatic N) is 2. The largest absolute Gasteiger partial charge is 0.781 e. The molecule has 5 rings (SSSR count). The van der Waals surface area contributed by atoms with Gasteiger partial charge in [-0.05, 0) is 43.6 Å². The van der Waals surface area contributed by atoms with Crippen LogP contribution in [0, 0.1) is 5.21 Å². The van der Waals surface area contributed by atoms with E-state index in [1.165, 1.54) is 10.6 Å². The molecule has 5 nitrogen and oxygen atoms in total. The average molecular weight is 497 g/mol. The molecule has 182 valence electrons. The number of ketones is 1. The van der Waals surface area contributed by atoms with Gasteiger partial charge in [0.2, 0.25) is 5.78 Å². The fourth-order valence-corrected chi connectivity index (χ4v) is 9.78. The predicted molar refractivity (Wildman–Crippen MR) is 140 cm³/mol. The molecule has 2 aromatic carbocycles. The zero-order valence-electron chi connectivity index (χ0n) is 20.5. The zero-order chi connectivity index (χ0) is 24.0. The van der Waals surface area contributed by atoms with Gasteiger partial charge in [-0.15, -0.1) is 0 Å². The van der Waals surface area contributed by atoms with Gasteiger partial charge in [-0.3, -0.25) is 9.28 Å². The number of thioether (sulfide) groups is 1. The zero-order valence-corrected chi connectivity index (χ0v) is 22.3. The van der Waals surface area contributed by atoms with Crippen LogP contribution in [0.5, 0.6) is 0 Å². The third-order valence-electron chi connectivity index (χ3n) is 7.78. The summed E-state index contributed by atoms with van der Waals surface area (Å²) in [6, 6.07) is 20.8. The van der Waals surface area contributed by atoms with E-state index in [1.54, 1.807) is 0 Å². The SMILES string of the molecule is C[Si](C)(C)OC1([N+]23CSC(c4ccccc4)C2CN([O-])C3Cc2ccccc2)CCCCC1=O. The van der Waals surface area contributed by atoms with E-state index in [-0.39, 0.29) is 23.2 Å². The number of carbonyl (C=O) groups is 1. The van der Waals surface area contributed by atoms with Crippen molar-refractivity contribution in [3.05, 3.63) is 77.0 Å². The topological polar surface area (TPSA) is 52.6 Å². The Bertz CT molecular complexity index is 1010. The van der Waals surface area contributed by atoms with E-state index in [9.17, 15) is 10.0 Å². The second kappa shape index (κ2) is 9.19. The minimum Gasteiger partial charge on any atom is -0.781 e. The van der Waals surface area contributed by atoms with Gasteiger partial charge in [-0.25, -0.2) is 0 Å². The molecule has 1 saturated carbocycles. The Balaban J connectivity index is 1.67. The standard InChI is InChI=1S/C27H36N2O3SSi/c1-34(2,3)32-27(17-11-10-16-24(27)30)29-20-33-26(22-14-8-5-9-15-22)23(29)19-28(31)25(29)18-21-12-6-4-7-13-21/h4-9,12-15,23,25-26H,10-11,16-20H2,1-3H3. The highest BCUT2D eigenvalue weighted by Gasteiger charge is 2.72. The highest BCUT2D eigenvalue weighted by atomic mass is 32.2. The summed E-state index contributed by atoms with van der Waals surface area (Å²) in [7, 11) is -2.10. The van der Waals surface area contributed by atoms with Crippen LogP contribution >= 0.6 is 11.8 Å². The molecule has 0 bridgehead atoms. The van der Waals surface area contributed by atoms with Crippen LogP contribution in [0.4, 0.5) is 0 Å². The van der Waals surface area contributed by atoms with E-state index < -0.39 is 14.0 Å². The summed E-state index contributed by atoms with van der Waals surface area (Å²) in [6.45, 7) is 6.98.